The second-order valence-corrected chi connectivity index (χ2v) is 9.25. The highest BCUT2D eigenvalue weighted by molar-refractivity contribution is 5.94. The minimum atomic E-state index is -5.08. The number of carboxylic acid groups (broad SMARTS) is 1. The molecule has 0 spiro atoms. The van der Waals surface area contributed by atoms with Crippen LogP contribution in [0.3, 0.4) is 0 Å². The predicted molar refractivity (Wildman–Crippen MR) is 145 cm³/mol. The number of nitrogens with zero attached hydrogens (tertiary/aromatic N) is 2. The molecular formula is C29H33F3N4O4. The summed E-state index contributed by atoms with van der Waals surface area (Å²) in [6, 6.07) is 22.2. The number of rotatable bonds is 8. The molecule has 0 aliphatic carbocycles. The van der Waals surface area contributed by atoms with E-state index in [4.69, 9.17) is 19.6 Å². The molecule has 1 aliphatic rings. The van der Waals surface area contributed by atoms with E-state index < -0.39 is 12.1 Å². The molecule has 0 bridgehead atoms. The molecule has 1 aromatic heterocycles. The molecule has 0 unspecified atom stereocenters. The zero-order valence-corrected chi connectivity index (χ0v) is 22.4. The number of amides is 1. The molecular weight excluding hydrogens is 525 g/mol. The fourth-order valence-electron chi connectivity index (χ4n) is 4.13. The van der Waals surface area contributed by atoms with Crippen LogP contribution in [-0.2, 0) is 17.9 Å². The van der Waals surface area contributed by atoms with Crippen molar-refractivity contribution in [1.29, 1.82) is 0 Å². The molecule has 3 N–H and O–H groups in total. The number of alkyl halides is 3. The van der Waals surface area contributed by atoms with Crippen LogP contribution in [0.2, 0.25) is 0 Å². The summed E-state index contributed by atoms with van der Waals surface area (Å²) in [6.07, 6.45) is -5.08. The fraction of sp³-hybridized carbons (Fsp3) is 0.345. The van der Waals surface area contributed by atoms with Gasteiger partial charge in [0.2, 0.25) is 0 Å². The summed E-state index contributed by atoms with van der Waals surface area (Å²) in [6.45, 7) is 9.12. The molecule has 214 valence electrons. The minimum Gasteiger partial charge on any atom is -0.494 e. The number of pyridine rings is 1. The Bertz CT molecular complexity index is 1290. The van der Waals surface area contributed by atoms with E-state index in [0.29, 0.717) is 30.5 Å². The molecule has 1 saturated heterocycles. The molecule has 8 nitrogen and oxygen atoms in total. The Morgan fingerprint density at radius 1 is 1.12 bits per heavy atom. The molecule has 0 saturated carbocycles. The van der Waals surface area contributed by atoms with Crippen molar-refractivity contribution < 1.29 is 32.6 Å². The molecule has 1 fully saturated rings. The summed E-state index contributed by atoms with van der Waals surface area (Å²) < 4.78 is 37.2. The lowest BCUT2D eigenvalue weighted by Gasteiger charge is -2.31. The van der Waals surface area contributed by atoms with Gasteiger partial charge in [0.25, 0.3) is 5.91 Å². The second kappa shape index (κ2) is 14.4. The highest BCUT2D eigenvalue weighted by Gasteiger charge is 2.38. The van der Waals surface area contributed by atoms with Crippen molar-refractivity contribution in [2.75, 3.05) is 26.2 Å². The summed E-state index contributed by atoms with van der Waals surface area (Å²) in [5, 5.41) is 13.6. The zero-order valence-electron chi connectivity index (χ0n) is 22.4. The number of nitrogens with one attached hydrogen (secondary N) is 2. The van der Waals surface area contributed by atoms with Gasteiger partial charge in [-0.1, -0.05) is 30.3 Å². The normalized spacial score (nSPS) is 15.5. The lowest BCUT2D eigenvalue weighted by molar-refractivity contribution is -0.192. The van der Waals surface area contributed by atoms with Crippen molar-refractivity contribution in [1.82, 2.24) is 20.5 Å². The van der Waals surface area contributed by atoms with Gasteiger partial charge >= 0.3 is 12.1 Å². The van der Waals surface area contributed by atoms with Gasteiger partial charge in [0.15, 0.2) is 0 Å². The second-order valence-electron chi connectivity index (χ2n) is 9.25. The van der Waals surface area contributed by atoms with Crippen LogP contribution in [-0.4, -0.2) is 65.3 Å². The molecule has 40 heavy (non-hydrogen) atoms. The molecule has 2 aromatic carbocycles. The Hall–Kier alpha value is -3.96. The standard InChI is InChI=1S/C27H32N4O2.C2HF3O2/c1-3-33-25-11-5-9-23(16-25)27(32)29-17-21-7-4-8-22(15-21)26-12-6-10-24(30-26)19-31-14-13-28-20(2)18-31;3-2(4,5)1(6)7/h4-12,15-16,20,28H,3,13-14,17-19H2,1-2H3,(H,29,32);(H,6,7)/t20-;/m0./s1. The first-order valence-electron chi connectivity index (χ1n) is 12.9. The van der Waals surface area contributed by atoms with Crippen LogP contribution in [0, 0.1) is 0 Å². The van der Waals surface area contributed by atoms with Crippen LogP contribution in [0.15, 0.2) is 66.7 Å². The molecule has 4 rings (SSSR count). The number of hydrogen-bond donors (Lipinski definition) is 3. The van der Waals surface area contributed by atoms with Gasteiger partial charge in [-0.25, -0.2) is 4.79 Å². The quantitative estimate of drug-likeness (QED) is 0.374. The van der Waals surface area contributed by atoms with Crippen molar-refractivity contribution in [3.8, 4) is 17.0 Å². The number of carbonyl (C=O) groups is 2. The largest absolute Gasteiger partial charge is 0.494 e. The first-order valence-corrected chi connectivity index (χ1v) is 12.9. The molecule has 1 aliphatic heterocycles. The van der Waals surface area contributed by atoms with Crippen molar-refractivity contribution in [3.63, 3.8) is 0 Å². The van der Waals surface area contributed by atoms with E-state index in [0.717, 1.165) is 48.7 Å². The number of halogens is 3. The van der Waals surface area contributed by atoms with Crippen LogP contribution in [0.5, 0.6) is 5.75 Å². The van der Waals surface area contributed by atoms with Gasteiger partial charge in [-0.15, -0.1) is 0 Å². The smallest absolute Gasteiger partial charge is 0.490 e. The maximum atomic E-state index is 12.6. The molecule has 3 aromatic rings. The van der Waals surface area contributed by atoms with Gasteiger partial charge in [-0.2, -0.15) is 13.2 Å². The number of aliphatic carboxylic acids is 1. The molecule has 0 radical (unpaired) electrons. The maximum absolute atomic E-state index is 12.6. The first kappa shape index (κ1) is 30.6. The first-order chi connectivity index (χ1) is 19.0. The van der Waals surface area contributed by atoms with Gasteiger partial charge < -0.3 is 20.5 Å². The Morgan fingerprint density at radius 3 is 2.55 bits per heavy atom. The van der Waals surface area contributed by atoms with Crippen LogP contribution < -0.4 is 15.4 Å². The average molecular weight is 559 g/mol. The summed E-state index contributed by atoms with van der Waals surface area (Å²) in [7, 11) is 0. The predicted octanol–water partition coefficient (Wildman–Crippen LogP) is 4.50. The fourth-order valence-corrected chi connectivity index (χ4v) is 4.13. The summed E-state index contributed by atoms with van der Waals surface area (Å²) >= 11 is 0. The third-order valence-corrected chi connectivity index (χ3v) is 5.97. The number of carboxylic acids is 1. The molecule has 1 atom stereocenters. The van der Waals surface area contributed by atoms with Gasteiger partial charge in [-0.05, 0) is 55.8 Å². The lowest BCUT2D eigenvalue weighted by atomic mass is 10.1. The van der Waals surface area contributed by atoms with E-state index in [2.05, 4.69) is 46.7 Å². The maximum Gasteiger partial charge on any atom is 0.490 e. The van der Waals surface area contributed by atoms with Crippen molar-refractivity contribution >= 4 is 11.9 Å². The number of ether oxygens (including phenoxy) is 1. The van der Waals surface area contributed by atoms with Gasteiger partial charge in [0.05, 0.1) is 18.0 Å². The third-order valence-electron chi connectivity index (χ3n) is 5.97. The third kappa shape index (κ3) is 9.65. The zero-order chi connectivity index (χ0) is 29.1. The van der Waals surface area contributed by atoms with Crippen LogP contribution in [0.4, 0.5) is 13.2 Å². The highest BCUT2D eigenvalue weighted by atomic mass is 19.4. The number of hydrogen-bond acceptors (Lipinski definition) is 6. The summed E-state index contributed by atoms with van der Waals surface area (Å²) in [5.41, 5.74) is 4.71. The Balaban J connectivity index is 0.000000559. The highest BCUT2D eigenvalue weighted by Crippen LogP contribution is 2.20. The van der Waals surface area contributed by atoms with Crippen molar-refractivity contribution in [3.05, 3.63) is 83.6 Å². The molecule has 1 amide bonds. The summed E-state index contributed by atoms with van der Waals surface area (Å²) in [5.74, 6) is -2.17. The van der Waals surface area contributed by atoms with Gasteiger partial charge in [-0.3, -0.25) is 14.7 Å². The monoisotopic (exact) mass is 558 g/mol. The number of carbonyl (C=O) groups excluding carboxylic acids is 1. The van der Waals surface area contributed by atoms with E-state index in [1.54, 1.807) is 12.1 Å². The molecule has 2 heterocycles. The minimum absolute atomic E-state index is 0.118. The van der Waals surface area contributed by atoms with Crippen molar-refractivity contribution in [2.24, 2.45) is 0 Å². The topological polar surface area (TPSA) is 104 Å². The summed E-state index contributed by atoms with van der Waals surface area (Å²) in [4.78, 5) is 28.8. The SMILES string of the molecule is CCOc1cccc(C(=O)NCc2cccc(-c3cccc(CN4CCN[C@@H](C)C4)n3)c2)c1.O=C(O)C(F)(F)F. The van der Waals surface area contributed by atoms with Gasteiger partial charge in [0, 0.05) is 49.9 Å². The van der Waals surface area contributed by atoms with E-state index in [1.807, 2.05) is 37.3 Å². The number of benzene rings is 2. The molecule has 11 heteroatoms. The van der Waals surface area contributed by atoms with Crippen LogP contribution >= 0.6 is 0 Å². The Labute approximate surface area is 231 Å². The van der Waals surface area contributed by atoms with E-state index >= 15 is 0 Å². The van der Waals surface area contributed by atoms with Crippen LogP contribution in [0.25, 0.3) is 11.3 Å². The van der Waals surface area contributed by atoms with E-state index in [-0.39, 0.29) is 5.91 Å². The number of piperazine rings is 1. The van der Waals surface area contributed by atoms with Crippen LogP contribution in [0.1, 0.15) is 35.5 Å². The average Bonchev–Trinajstić information content (AvgIpc) is 2.92. The number of aromatic nitrogens is 1. The van der Waals surface area contributed by atoms with E-state index in [1.165, 1.54) is 0 Å². The van der Waals surface area contributed by atoms with Gasteiger partial charge in [0.1, 0.15) is 5.75 Å². The van der Waals surface area contributed by atoms with Crippen molar-refractivity contribution in [2.45, 2.75) is 39.2 Å². The van der Waals surface area contributed by atoms with E-state index in [9.17, 15) is 18.0 Å². The Morgan fingerprint density at radius 2 is 1.85 bits per heavy atom. The lowest BCUT2D eigenvalue weighted by Crippen LogP contribution is -2.48. The Kier molecular flexibility index (Phi) is 11.0.